The summed E-state index contributed by atoms with van der Waals surface area (Å²) < 4.78 is 5.50. The lowest BCUT2D eigenvalue weighted by molar-refractivity contribution is -0.127. The topological polar surface area (TPSA) is 54.5 Å². The van der Waals surface area contributed by atoms with Gasteiger partial charge in [-0.3, -0.25) is 9.78 Å². The summed E-state index contributed by atoms with van der Waals surface area (Å²) in [7, 11) is 1.89. The Bertz CT molecular complexity index is 474. The van der Waals surface area contributed by atoms with E-state index in [-0.39, 0.29) is 11.9 Å². The van der Waals surface area contributed by atoms with Gasteiger partial charge in [0.25, 0.3) is 0 Å². The molecule has 2 saturated heterocycles. The van der Waals surface area contributed by atoms with Crippen molar-refractivity contribution in [1.82, 2.24) is 15.2 Å². The van der Waals surface area contributed by atoms with E-state index in [1.54, 1.807) is 6.20 Å². The summed E-state index contributed by atoms with van der Waals surface area (Å²) in [6.07, 6.45) is 6.53. The molecule has 5 nitrogen and oxygen atoms in total. The fraction of sp³-hybridized carbons (Fsp3) is 0.625. The molecule has 0 bridgehead atoms. The molecule has 0 radical (unpaired) electrons. The molecule has 2 aliphatic rings. The highest BCUT2D eigenvalue weighted by Gasteiger charge is 2.38. The van der Waals surface area contributed by atoms with Crippen molar-refractivity contribution in [2.75, 3.05) is 26.8 Å². The molecule has 2 fully saturated rings. The summed E-state index contributed by atoms with van der Waals surface area (Å²) in [6.45, 7) is 2.51. The molecule has 3 atom stereocenters. The third-order valence-corrected chi connectivity index (χ3v) is 4.55. The lowest BCUT2D eigenvalue weighted by atomic mass is 9.94. The standard InChI is InChI=1S/C16H23N3O2/c1-19-15(20)8-13(10-18-14-5-3-7-21-11-14)16(19)12-4-2-6-17-9-12/h2,4,6,9,13-14,16,18H,3,5,7-8,10-11H2,1H3/t13-,14?,16-/m0/s1. The van der Waals surface area contributed by atoms with Crippen LogP contribution in [0.15, 0.2) is 24.5 Å². The Kier molecular flexibility index (Phi) is 4.51. The highest BCUT2D eigenvalue weighted by molar-refractivity contribution is 5.79. The smallest absolute Gasteiger partial charge is 0.223 e. The summed E-state index contributed by atoms with van der Waals surface area (Å²) in [5.41, 5.74) is 1.12. The van der Waals surface area contributed by atoms with Gasteiger partial charge in [0.2, 0.25) is 5.91 Å². The molecule has 0 saturated carbocycles. The highest BCUT2D eigenvalue weighted by Crippen LogP contribution is 2.36. The average Bonchev–Trinajstić information content (AvgIpc) is 2.82. The largest absolute Gasteiger partial charge is 0.380 e. The molecule has 3 heterocycles. The fourth-order valence-electron chi connectivity index (χ4n) is 3.40. The minimum Gasteiger partial charge on any atom is -0.380 e. The maximum atomic E-state index is 12.1. The van der Waals surface area contributed by atoms with Gasteiger partial charge in [-0.2, -0.15) is 0 Å². The van der Waals surface area contributed by atoms with Gasteiger partial charge in [0.1, 0.15) is 0 Å². The Morgan fingerprint density at radius 3 is 3.14 bits per heavy atom. The third-order valence-electron chi connectivity index (χ3n) is 4.55. The number of amides is 1. The predicted octanol–water partition coefficient (Wildman–Crippen LogP) is 1.37. The van der Waals surface area contributed by atoms with Crippen molar-refractivity contribution in [1.29, 1.82) is 0 Å². The maximum absolute atomic E-state index is 12.1. The van der Waals surface area contributed by atoms with E-state index >= 15 is 0 Å². The number of hydrogen-bond acceptors (Lipinski definition) is 4. The Morgan fingerprint density at radius 1 is 1.52 bits per heavy atom. The van der Waals surface area contributed by atoms with Gasteiger partial charge in [0, 0.05) is 51.0 Å². The first-order valence-corrected chi connectivity index (χ1v) is 7.72. The van der Waals surface area contributed by atoms with Gasteiger partial charge in [-0.05, 0) is 24.5 Å². The van der Waals surface area contributed by atoms with Crippen LogP contribution >= 0.6 is 0 Å². The first-order chi connectivity index (χ1) is 10.3. The number of likely N-dealkylation sites (tertiary alicyclic amines) is 1. The van der Waals surface area contributed by atoms with Gasteiger partial charge in [0.15, 0.2) is 0 Å². The number of ether oxygens (including phenoxy) is 1. The Morgan fingerprint density at radius 2 is 2.43 bits per heavy atom. The number of pyridine rings is 1. The monoisotopic (exact) mass is 289 g/mol. The van der Waals surface area contributed by atoms with E-state index in [0.717, 1.165) is 38.2 Å². The Balaban J connectivity index is 1.66. The van der Waals surface area contributed by atoms with Gasteiger partial charge < -0.3 is 15.0 Å². The maximum Gasteiger partial charge on any atom is 0.223 e. The van der Waals surface area contributed by atoms with Crippen LogP contribution in [0.5, 0.6) is 0 Å². The first-order valence-electron chi connectivity index (χ1n) is 7.72. The number of aromatic nitrogens is 1. The van der Waals surface area contributed by atoms with Crippen molar-refractivity contribution in [3.63, 3.8) is 0 Å². The molecule has 1 amide bonds. The molecule has 2 aliphatic heterocycles. The van der Waals surface area contributed by atoms with Crippen molar-refractivity contribution in [3.8, 4) is 0 Å². The van der Waals surface area contributed by atoms with Crippen LogP contribution in [0.1, 0.15) is 30.9 Å². The normalized spacial score (nSPS) is 29.9. The number of hydrogen-bond donors (Lipinski definition) is 1. The van der Waals surface area contributed by atoms with Crippen LogP contribution in [0, 0.1) is 5.92 Å². The van der Waals surface area contributed by atoms with Gasteiger partial charge in [-0.15, -0.1) is 0 Å². The zero-order valence-electron chi connectivity index (χ0n) is 12.5. The predicted molar refractivity (Wildman–Crippen MR) is 79.7 cm³/mol. The van der Waals surface area contributed by atoms with Crippen molar-refractivity contribution >= 4 is 5.91 Å². The van der Waals surface area contributed by atoms with Crippen LogP contribution in [0.2, 0.25) is 0 Å². The van der Waals surface area contributed by atoms with Crippen molar-refractivity contribution in [2.24, 2.45) is 5.92 Å². The first kappa shape index (κ1) is 14.5. The molecule has 3 rings (SSSR count). The summed E-state index contributed by atoms with van der Waals surface area (Å²) in [4.78, 5) is 18.1. The summed E-state index contributed by atoms with van der Waals surface area (Å²) in [6, 6.07) is 4.55. The minimum atomic E-state index is 0.128. The van der Waals surface area contributed by atoms with Crippen LogP contribution < -0.4 is 5.32 Å². The summed E-state index contributed by atoms with van der Waals surface area (Å²) >= 11 is 0. The van der Waals surface area contributed by atoms with Crippen LogP contribution in [0.3, 0.4) is 0 Å². The van der Waals surface area contributed by atoms with Crippen molar-refractivity contribution in [2.45, 2.75) is 31.3 Å². The Hall–Kier alpha value is -1.46. The third kappa shape index (κ3) is 3.24. The number of carbonyl (C=O) groups excluding carboxylic acids is 1. The second-order valence-corrected chi connectivity index (χ2v) is 6.02. The average molecular weight is 289 g/mol. The molecule has 0 spiro atoms. The van der Waals surface area contributed by atoms with E-state index in [0.29, 0.717) is 18.4 Å². The molecular formula is C16H23N3O2. The lowest BCUT2D eigenvalue weighted by Crippen LogP contribution is -2.40. The molecular weight excluding hydrogens is 266 g/mol. The molecule has 1 aromatic heterocycles. The molecule has 0 aliphatic carbocycles. The molecule has 1 aromatic rings. The van der Waals surface area contributed by atoms with Crippen LogP contribution in [-0.4, -0.2) is 48.6 Å². The lowest BCUT2D eigenvalue weighted by Gasteiger charge is -2.28. The van der Waals surface area contributed by atoms with Gasteiger partial charge in [-0.25, -0.2) is 0 Å². The van der Waals surface area contributed by atoms with Gasteiger partial charge in [-0.1, -0.05) is 6.07 Å². The van der Waals surface area contributed by atoms with E-state index in [4.69, 9.17) is 4.74 Å². The fourth-order valence-corrected chi connectivity index (χ4v) is 3.40. The van der Waals surface area contributed by atoms with Crippen LogP contribution in [0.25, 0.3) is 0 Å². The summed E-state index contributed by atoms with van der Waals surface area (Å²) in [5, 5.41) is 3.58. The van der Waals surface area contributed by atoms with Crippen LogP contribution in [-0.2, 0) is 9.53 Å². The minimum absolute atomic E-state index is 0.128. The van der Waals surface area contributed by atoms with Crippen molar-refractivity contribution < 1.29 is 9.53 Å². The number of nitrogens with zero attached hydrogens (tertiary/aromatic N) is 2. The SMILES string of the molecule is CN1C(=O)C[C@@H](CNC2CCCOC2)[C@@H]1c1cccnc1. The zero-order chi connectivity index (χ0) is 14.7. The molecule has 1 unspecified atom stereocenters. The van der Waals surface area contributed by atoms with E-state index in [1.165, 1.54) is 0 Å². The zero-order valence-corrected chi connectivity index (χ0v) is 12.5. The molecule has 1 N–H and O–H groups in total. The van der Waals surface area contributed by atoms with E-state index in [9.17, 15) is 4.79 Å². The second kappa shape index (κ2) is 6.54. The second-order valence-electron chi connectivity index (χ2n) is 6.02. The molecule has 21 heavy (non-hydrogen) atoms. The summed E-state index contributed by atoms with van der Waals surface area (Å²) in [5.74, 6) is 0.518. The number of carbonyl (C=O) groups is 1. The van der Waals surface area contributed by atoms with Crippen LogP contribution in [0.4, 0.5) is 0 Å². The molecule has 114 valence electrons. The quantitative estimate of drug-likeness (QED) is 0.909. The van der Waals surface area contributed by atoms with E-state index in [1.807, 2.05) is 24.2 Å². The Labute approximate surface area is 125 Å². The van der Waals surface area contributed by atoms with Gasteiger partial charge >= 0.3 is 0 Å². The number of nitrogens with one attached hydrogen (secondary N) is 1. The van der Waals surface area contributed by atoms with E-state index < -0.39 is 0 Å². The van der Waals surface area contributed by atoms with E-state index in [2.05, 4.69) is 16.4 Å². The van der Waals surface area contributed by atoms with Crippen molar-refractivity contribution in [3.05, 3.63) is 30.1 Å². The van der Waals surface area contributed by atoms with Gasteiger partial charge in [0.05, 0.1) is 12.6 Å². The highest BCUT2D eigenvalue weighted by atomic mass is 16.5. The number of rotatable bonds is 4. The molecule has 0 aromatic carbocycles. The molecule has 5 heteroatoms.